The number of nitrogens with one attached hydrogen (secondary N) is 2. The third-order valence-corrected chi connectivity index (χ3v) is 3.21. The summed E-state index contributed by atoms with van der Waals surface area (Å²) in [6.45, 7) is 2.13. The van der Waals surface area contributed by atoms with Crippen molar-refractivity contribution in [2.45, 2.75) is 18.8 Å². The van der Waals surface area contributed by atoms with Crippen LogP contribution in [0.4, 0.5) is 5.69 Å². The standard InChI is InChI=1S/C13H20N2O/c1-14-8-4-5-10-9-15-11-6-3-7-12(16-2)13(10)11/h3,6-7,10,14-15H,4-5,8-9H2,1-2H3. The van der Waals surface area contributed by atoms with E-state index in [9.17, 15) is 0 Å². The first-order valence-electron chi connectivity index (χ1n) is 5.92. The van der Waals surface area contributed by atoms with Gasteiger partial charge >= 0.3 is 0 Å². The Kier molecular flexibility index (Phi) is 3.67. The molecule has 1 aliphatic heterocycles. The molecule has 0 aromatic heterocycles. The number of hydrogen-bond acceptors (Lipinski definition) is 3. The van der Waals surface area contributed by atoms with Crippen molar-refractivity contribution < 1.29 is 4.74 Å². The van der Waals surface area contributed by atoms with Gasteiger partial charge in [0, 0.05) is 23.7 Å². The van der Waals surface area contributed by atoms with Gasteiger partial charge in [0.2, 0.25) is 0 Å². The Labute approximate surface area is 97.2 Å². The molecule has 0 fully saturated rings. The van der Waals surface area contributed by atoms with Gasteiger partial charge in [-0.3, -0.25) is 0 Å². The summed E-state index contributed by atoms with van der Waals surface area (Å²) in [7, 11) is 3.75. The Bertz CT molecular complexity index is 352. The zero-order chi connectivity index (χ0) is 11.4. The van der Waals surface area contributed by atoms with Crippen LogP contribution in [0, 0.1) is 0 Å². The highest BCUT2D eigenvalue weighted by molar-refractivity contribution is 5.63. The van der Waals surface area contributed by atoms with Gasteiger partial charge in [-0.25, -0.2) is 0 Å². The minimum atomic E-state index is 0.597. The van der Waals surface area contributed by atoms with Crippen molar-refractivity contribution in [1.82, 2.24) is 5.32 Å². The lowest BCUT2D eigenvalue weighted by atomic mass is 9.95. The van der Waals surface area contributed by atoms with Gasteiger partial charge in [-0.2, -0.15) is 0 Å². The summed E-state index contributed by atoms with van der Waals surface area (Å²) in [5, 5.41) is 6.64. The molecule has 0 saturated heterocycles. The van der Waals surface area contributed by atoms with Crippen LogP contribution in [0.25, 0.3) is 0 Å². The number of benzene rings is 1. The van der Waals surface area contributed by atoms with Gasteiger partial charge in [0.15, 0.2) is 0 Å². The first kappa shape index (κ1) is 11.3. The number of hydrogen-bond donors (Lipinski definition) is 2. The number of fused-ring (bicyclic) bond motifs is 1. The molecule has 2 N–H and O–H groups in total. The van der Waals surface area contributed by atoms with E-state index in [2.05, 4.69) is 22.8 Å². The number of rotatable bonds is 5. The second-order valence-electron chi connectivity index (χ2n) is 4.25. The zero-order valence-electron chi connectivity index (χ0n) is 10.0. The number of methoxy groups -OCH3 is 1. The first-order chi connectivity index (χ1) is 7.86. The van der Waals surface area contributed by atoms with Crippen molar-refractivity contribution >= 4 is 5.69 Å². The van der Waals surface area contributed by atoms with E-state index in [-0.39, 0.29) is 0 Å². The number of anilines is 1. The molecule has 1 aliphatic rings. The summed E-state index contributed by atoms with van der Waals surface area (Å²) in [6, 6.07) is 6.23. The van der Waals surface area contributed by atoms with E-state index in [0.717, 1.165) is 18.8 Å². The topological polar surface area (TPSA) is 33.3 Å². The molecule has 1 unspecified atom stereocenters. The molecule has 88 valence electrons. The fourth-order valence-electron chi connectivity index (χ4n) is 2.40. The molecule has 0 bridgehead atoms. The van der Waals surface area contributed by atoms with E-state index in [1.807, 2.05) is 13.1 Å². The zero-order valence-corrected chi connectivity index (χ0v) is 10.0. The SMILES string of the molecule is CNCCCC1CNc2cccc(OC)c21. The highest BCUT2D eigenvalue weighted by Gasteiger charge is 2.24. The summed E-state index contributed by atoms with van der Waals surface area (Å²) >= 11 is 0. The normalized spacial score (nSPS) is 18.0. The van der Waals surface area contributed by atoms with Gasteiger partial charge in [-0.1, -0.05) is 6.07 Å². The molecule has 0 radical (unpaired) electrons. The van der Waals surface area contributed by atoms with E-state index >= 15 is 0 Å². The summed E-state index contributed by atoms with van der Waals surface area (Å²) in [6.07, 6.45) is 2.42. The van der Waals surface area contributed by atoms with E-state index in [1.165, 1.54) is 24.1 Å². The first-order valence-corrected chi connectivity index (χ1v) is 5.92. The van der Waals surface area contributed by atoms with Crippen LogP contribution in [-0.4, -0.2) is 27.2 Å². The van der Waals surface area contributed by atoms with Crippen LogP contribution >= 0.6 is 0 Å². The maximum atomic E-state index is 5.44. The summed E-state index contributed by atoms with van der Waals surface area (Å²) in [5.41, 5.74) is 2.61. The van der Waals surface area contributed by atoms with Crippen LogP contribution < -0.4 is 15.4 Å². The Morgan fingerprint density at radius 1 is 1.50 bits per heavy atom. The van der Waals surface area contributed by atoms with Gasteiger partial charge in [0.25, 0.3) is 0 Å². The molecule has 1 heterocycles. The van der Waals surface area contributed by atoms with E-state index < -0.39 is 0 Å². The van der Waals surface area contributed by atoms with Crippen molar-refractivity contribution in [2.75, 3.05) is 32.6 Å². The molecule has 3 heteroatoms. The highest BCUT2D eigenvalue weighted by Crippen LogP contribution is 2.40. The lowest BCUT2D eigenvalue weighted by molar-refractivity contribution is 0.406. The minimum Gasteiger partial charge on any atom is -0.496 e. The third kappa shape index (κ3) is 2.14. The molecule has 1 atom stereocenters. The predicted octanol–water partition coefficient (Wildman–Crippen LogP) is 2.20. The maximum Gasteiger partial charge on any atom is 0.124 e. The quantitative estimate of drug-likeness (QED) is 0.746. The van der Waals surface area contributed by atoms with E-state index in [4.69, 9.17) is 4.74 Å². The van der Waals surface area contributed by atoms with Crippen LogP contribution in [0.2, 0.25) is 0 Å². The van der Waals surface area contributed by atoms with Crippen molar-refractivity contribution in [1.29, 1.82) is 0 Å². The summed E-state index contributed by atoms with van der Waals surface area (Å²) < 4.78 is 5.44. The van der Waals surface area contributed by atoms with E-state index in [1.54, 1.807) is 7.11 Å². The van der Waals surface area contributed by atoms with Crippen LogP contribution in [0.5, 0.6) is 5.75 Å². The minimum absolute atomic E-state index is 0.597. The predicted molar refractivity (Wildman–Crippen MR) is 67.4 cm³/mol. The second kappa shape index (κ2) is 5.21. The molecule has 3 nitrogen and oxygen atoms in total. The van der Waals surface area contributed by atoms with Crippen molar-refractivity contribution in [2.24, 2.45) is 0 Å². The molecule has 2 rings (SSSR count). The Balaban J connectivity index is 2.11. The average Bonchev–Trinajstić information content (AvgIpc) is 2.73. The smallest absolute Gasteiger partial charge is 0.124 e. The Morgan fingerprint density at radius 2 is 2.38 bits per heavy atom. The molecular formula is C13H20N2O. The molecule has 0 saturated carbocycles. The maximum absolute atomic E-state index is 5.44. The second-order valence-corrected chi connectivity index (χ2v) is 4.25. The van der Waals surface area contributed by atoms with Gasteiger partial charge in [-0.05, 0) is 38.6 Å². The van der Waals surface area contributed by atoms with Gasteiger partial charge in [0.05, 0.1) is 7.11 Å². The largest absolute Gasteiger partial charge is 0.496 e. The Hall–Kier alpha value is -1.22. The van der Waals surface area contributed by atoms with E-state index in [0.29, 0.717) is 5.92 Å². The number of ether oxygens (including phenoxy) is 1. The monoisotopic (exact) mass is 220 g/mol. The molecule has 1 aromatic carbocycles. The lowest BCUT2D eigenvalue weighted by Gasteiger charge is -2.13. The van der Waals surface area contributed by atoms with Crippen LogP contribution in [0.1, 0.15) is 24.3 Å². The fourth-order valence-corrected chi connectivity index (χ4v) is 2.40. The lowest BCUT2D eigenvalue weighted by Crippen LogP contribution is -2.10. The van der Waals surface area contributed by atoms with Gasteiger partial charge in [-0.15, -0.1) is 0 Å². The molecule has 1 aromatic rings. The van der Waals surface area contributed by atoms with Crippen molar-refractivity contribution in [3.8, 4) is 5.75 Å². The van der Waals surface area contributed by atoms with Gasteiger partial charge < -0.3 is 15.4 Å². The van der Waals surface area contributed by atoms with Crippen molar-refractivity contribution in [3.05, 3.63) is 23.8 Å². The third-order valence-electron chi connectivity index (χ3n) is 3.21. The molecule has 0 spiro atoms. The van der Waals surface area contributed by atoms with Crippen LogP contribution in [0.3, 0.4) is 0 Å². The van der Waals surface area contributed by atoms with Crippen LogP contribution in [-0.2, 0) is 0 Å². The van der Waals surface area contributed by atoms with Crippen molar-refractivity contribution in [3.63, 3.8) is 0 Å². The summed E-state index contributed by atoms with van der Waals surface area (Å²) in [5.74, 6) is 1.62. The Morgan fingerprint density at radius 3 is 3.12 bits per heavy atom. The molecule has 16 heavy (non-hydrogen) atoms. The van der Waals surface area contributed by atoms with Crippen LogP contribution in [0.15, 0.2) is 18.2 Å². The summed E-state index contributed by atoms with van der Waals surface area (Å²) in [4.78, 5) is 0. The highest BCUT2D eigenvalue weighted by atomic mass is 16.5. The fraction of sp³-hybridized carbons (Fsp3) is 0.538. The molecular weight excluding hydrogens is 200 g/mol. The average molecular weight is 220 g/mol. The molecule has 0 amide bonds. The van der Waals surface area contributed by atoms with Gasteiger partial charge in [0.1, 0.15) is 5.75 Å². The molecule has 0 aliphatic carbocycles.